The van der Waals surface area contributed by atoms with Gasteiger partial charge in [-0.1, -0.05) is 345 Å². The highest BCUT2D eigenvalue weighted by atomic mass is 19.4. The van der Waals surface area contributed by atoms with Crippen molar-refractivity contribution in [1.82, 2.24) is 0 Å². The molecule has 0 aliphatic heterocycles. The maximum atomic E-state index is 12.6. The van der Waals surface area contributed by atoms with Gasteiger partial charge in [0.1, 0.15) is 0 Å². The lowest BCUT2D eigenvalue weighted by atomic mass is 9.72. The van der Waals surface area contributed by atoms with E-state index in [1.165, 1.54) is 65.4 Å². The van der Waals surface area contributed by atoms with Crippen LogP contribution in [-0.2, 0) is 5.41 Å². The van der Waals surface area contributed by atoms with Crippen molar-refractivity contribution in [2.24, 2.45) is 83.6 Å². The zero-order valence-electron chi connectivity index (χ0n) is 80.0. The second-order valence-corrected chi connectivity index (χ2v) is 33.5. The highest BCUT2D eigenvalue weighted by Gasteiger charge is 2.48. The van der Waals surface area contributed by atoms with E-state index in [1.54, 1.807) is 41.5 Å². The Morgan fingerprint density at radius 1 is 0.487 bits per heavy atom. The second kappa shape index (κ2) is 38.9. The van der Waals surface area contributed by atoms with E-state index in [-0.39, 0.29) is 56.1 Å². The zero-order valence-corrected chi connectivity index (χ0v) is 61.0. The molecule has 0 spiro atoms. The molecule has 486 valence electrons. The third-order valence-corrected chi connectivity index (χ3v) is 12.3. The van der Waals surface area contributed by atoms with Crippen LogP contribution in [0.1, 0.15) is 398 Å². The summed E-state index contributed by atoms with van der Waals surface area (Å²) in [6.07, 6.45) is -3.85. The van der Waals surface area contributed by atoms with E-state index in [1.807, 2.05) is 90.0 Å². The van der Waals surface area contributed by atoms with Crippen LogP contribution in [0.2, 0.25) is 0 Å². The predicted molar refractivity (Wildman–Crippen MR) is 366 cm³/mol. The Bertz CT molecular complexity index is 2220. The molecule has 0 radical (unpaired) electrons. The van der Waals surface area contributed by atoms with Crippen LogP contribution in [0.15, 0.2) is 30.3 Å². The van der Waals surface area contributed by atoms with Crippen LogP contribution in [0.5, 0.6) is 0 Å². The van der Waals surface area contributed by atoms with Crippen LogP contribution in [-0.4, -0.2) is 6.18 Å². The molecule has 80 heavy (non-hydrogen) atoms. The minimum atomic E-state index is -4.54. The van der Waals surface area contributed by atoms with Crippen molar-refractivity contribution in [1.29, 1.82) is 0 Å². The molecule has 2 aliphatic carbocycles. The number of rotatable bonds is 4. The molecule has 0 amide bonds. The molecular weight excluding hydrogens is 982 g/mol. The summed E-state index contributed by atoms with van der Waals surface area (Å²) in [5.41, 5.74) is -3.68. The van der Waals surface area contributed by atoms with Crippen molar-refractivity contribution in [2.75, 3.05) is 0 Å². The zero-order chi connectivity index (χ0) is 82.6. The highest BCUT2D eigenvalue weighted by molar-refractivity contribution is 5.22. The lowest BCUT2D eigenvalue weighted by Gasteiger charge is -2.34. The second-order valence-electron chi connectivity index (χ2n) is 33.5. The summed E-state index contributed by atoms with van der Waals surface area (Å²) in [7, 11) is 0. The van der Waals surface area contributed by atoms with Gasteiger partial charge in [-0.3, -0.25) is 0 Å². The Hall–Kier alpha value is -0.990. The molecule has 0 nitrogen and oxygen atoms in total. The van der Waals surface area contributed by atoms with Gasteiger partial charge < -0.3 is 0 Å². The summed E-state index contributed by atoms with van der Waals surface area (Å²) in [5.74, 6) is -2.58. The lowest BCUT2D eigenvalue weighted by molar-refractivity contribution is -0.220. The fraction of sp³-hybridized carbons (Fsp3) is 0.922. The van der Waals surface area contributed by atoms with Gasteiger partial charge >= 0.3 is 6.18 Å². The molecule has 3 heteroatoms. The van der Waals surface area contributed by atoms with E-state index in [0.29, 0.717) is 5.41 Å². The van der Waals surface area contributed by atoms with Gasteiger partial charge in [0.15, 0.2) is 0 Å². The van der Waals surface area contributed by atoms with Gasteiger partial charge in [-0.05, 0) is 140 Å². The van der Waals surface area contributed by atoms with Crippen LogP contribution in [0.3, 0.4) is 0 Å². The molecule has 1 aromatic carbocycles. The predicted octanol–water partition coefficient (Wildman–Crippen LogP) is 29.0. The molecule has 1 atom stereocenters. The third kappa shape index (κ3) is 63.0. The van der Waals surface area contributed by atoms with Crippen LogP contribution < -0.4 is 0 Å². The highest BCUT2D eigenvalue weighted by Crippen LogP contribution is 2.45. The smallest absolute Gasteiger partial charge is 0.171 e. The lowest BCUT2D eigenvalue weighted by Crippen LogP contribution is -2.35. The number of benzene rings is 1. The Morgan fingerprint density at radius 2 is 0.812 bits per heavy atom. The van der Waals surface area contributed by atoms with Crippen molar-refractivity contribution >= 4 is 0 Å². The maximum absolute atomic E-state index is 12.6. The fourth-order valence-corrected chi connectivity index (χ4v) is 7.97. The molecule has 1 aromatic rings. The van der Waals surface area contributed by atoms with Gasteiger partial charge in [0.2, 0.25) is 0 Å². The number of hydrogen-bond donors (Lipinski definition) is 0. The third-order valence-electron chi connectivity index (χ3n) is 12.3. The summed E-state index contributed by atoms with van der Waals surface area (Å²) in [6, 6.07) is 10.6. The normalized spacial score (nSPS) is 21.9. The summed E-state index contributed by atoms with van der Waals surface area (Å²) in [5, 5.41) is 0. The summed E-state index contributed by atoms with van der Waals surface area (Å²) in [6.45, 7) is 67.1. The van der Waals surface area contributed by atoms with Gasteiger partial charge in [0, 0.05) is 26.0 Å². The molecule has 0 heterocycles. The molecule has 0 saturated heterocycles. The van der Waals surface area contributed by atoms with Crippen LogP contribution in [0.25, 0.3) is 0 Å². The van der Waals surface area contributed by atoms with Gasteiger partial charge in [-0.25, -0.2) is 0 Å². The van der Waals surface area contributed by atoms with E-state index in [9.17, 15) is 13.2 Å². The quantitative estimate of drug-likeness (QED) is 0.282. The summed E-state index contributed by atoms with van der Waals surface area (Å²) < 4.78 is 183. The SMILES string of the molecule is CC(C)(C)c1ccccc1.[2H]C(C)(C)C(C)(C)C.[2H]C([2H])(C(C)(C)C)C(C)(C)C.[2H]C([2H])(C(C)(C)C)C(C)(C)C(F)(F)F.[2H]C([2H])(C(C)C)C(C)(C)C.[2H]C([2H])(C)C([2H])([2H])C(C)(C)C.[2H]C([2H])([2H])C([2H])(C([2H])([2H])C)C(C)(C)C.[2H]C1(C(C)(C)C)CCCC1.[2H]C1(C(C)(C)C)CCCCC1. The molecule has 2 fully saturated rings. The van der Waals surface area contributed by atoms with Crippen molar-refractivity contribution in [3.63, 3.8) is 0 Å². The van der Waals surface area contributed by atoms with E-state index >= 15 is 0 Å². The van der Waals surface area contributed by atoms with Crippen molar-refractivity contribution in [3.8, 4) is 0 Å². The van der Waals surface area contributed by atoms with E-state index in [0.717, 1.165) is 46.5 Å². The van der Waals surface area contributed by atoms with Crippen molar-refractivity contribution < 1.29 is 39.2 Å². The summed E-state index contributed by atoms with van der Waals surface area (Å²) >= 11 is 0. The molecule has 2 saturated carbocycles. The first-order valence-electron chi connectivity index (χ1n) is 40.1. The largest absolute Gasteiger partial charge is 0.393 e. The first-order chi connectivity index (χ1) is 42.0. The van der Waals surface area contributed by atoms with Crippen LogP contribution in [0.4, 0.5) is 13.2 Å². The Kier molecular flexibility index (Phi) is 27.6. The van der Waals surface area contributed by atoms with Crippen molar-refractivity contribution in [3.05, 3.63) is 35.9 Å². The Labute approximate surface area is 535 Å². The van der Waals surface area contributed by atoms with Gasteiger partial charge in [-0.2, -0.15) is 13.2 Å². The average Bonchev–Trinajstić information content (AvgIpc) is 1.56. The minimum absolute atomic E-state index is 0.0903. The molecule has 3 rings (SSSR count). The summed E-state index contributed by atoms with van der Waals surface area (Å²) in [4.78, 5) is 0. The monoisotopic (exact) mass is 1160 g/mol. The molecule has 0 N–H and O–H groups in total. The Balaban J connectivity index is -0.000000247. The molecular formula is C77H157F3. The van der Waals surface area contributed by atoms with E-state index in [2.05, 4.69) is 113 Å². The minimum Gasteiger partial charge on any atom is -0.171 e. The van der Waals surface area contributed by atoms with Crippen LogP contribution >= 0.6 is 0 Å². The maximum Gasteiger partial charge on any atom is 0.393 e. The van der Waals surface area contributed by atoms with Gasteiger partial charge in [0.05, 0.1) is 5.41 Å². The van der Waals surface area contributed by atoms with E-state index in [4.69, 9.17) is 26.0 Å². The first kappa shape index (κ1) is 56.8. The molecule has 2 aliphatic rings. The number of hydrogen-bond acceptors (Lipinski definition) is 0. The van der Waals surface area contributed by atoms with Crippen LogP contribution in [0, 0.1) is 83.6 Å². The first-order valence-corrected chi connectivity index (χ1v) is 30.6. The standard InChI is InChI=1S/C10H20.C10H14.C9H17F3.C9H18.C9H20.2C8H18.2C7H16/c2*1-10(2,3)9-7-5-4-6-8-9;1-7(2,3)6-8(4,5)9(10,11)12;1-9(2,3)8-6-4-5-7-8;1-8(2,3)7-9(4,5)6;1-7(2)6-8(3,4)5;1-6-7(2)8(3,4)5;1-6(2)7(3,4)5;1-5-6-7(2,3)4/h9H,4-8H2,1-3H3;4-8H,1-3H3;6H2,1-5H3;8H,4-7H2,1-3H3;7H2,1-6H3;2*7H,6H2,1-5H3;6H,1-5H3;5-6H2,1-4H3/i9D;;6D2;8D;7D2;6D2;2D3,6D2,7D;6D;5D2,6D2. The molecule has 0 aromatic heterocycles. The molecule has 0 bridgehead atoms. The average molecular weight is 1160 g/mol. The topological polar surface area (TPSA) is 0 Å². The van der Waals surface area contributed by atoms with E-state index < -0.39 is 78.8 Å². The Morgan fingerprint density at radius 3 is 0.912 bits per heavy atom. The molecule has 1 unspecified atom stereocenters. The number of halogens is 3. The van der Waals surface area contributed by atoms with Crippen molar-refractivity contribution in [2.45, 2.75) is 378 Å². The van der Waals surface area contributed by atoms with Gasteiger partial charge in [-0.15, -0.1) is 0 Å². The number of alkyl halides is 3. The van der Waals surface area contributed by atoms with Gasteiger partial charge in [0.25, 0.3) is 0 Å². The fourth-order valence-electron chi connectivity index (χ4n) is 7.97.